The molecule has 0 heterocycles. The monoisotopic (exact) mass is 524 g/mol. The van der Waals surface area contributed by atoms with Crippen molar-refractivity contribution >= 4 is 22.6 Å². The molecule has 0 saturated heterocycles. The van der Waals surface area contributed by atoms with Crippen molar-refractivity contribution < 1.29 is 9.47 Å². The number of ether oxygens (including phenoxy) is 2. The Morgan fingerprint density at radius 2 is 0.690 bits per heavy atom. The Labute approximate surface area is 197 Å². The molecule has 0 unspecified atom stereocenters. The van der Waals surface area contributed by atoms with Crippen molar-refractivity contribution in [2.45, 2.75) is 135 Å². The van der Waals surface area contributed by atoms with Crippen LogP contribution >= 0.6 is 22.6 Å². The second kappa shape index (κ2) is 28.6. The summed E-state index contributed by atoms with van der Waals surface area (Å²) in [5, 5.41) is 0. The van der Waals surface area contributed by atoms with E-state index in [2.05, 4.69) is 29.5 Å². The minimum Gasteiger partial charge on any atom is -0.379 e. The van der Waals surface area contributed by atoms with E-state index in [4.69, 9.17) is 9.47 Å². The van der Waals surface area contributed by atoms with Crippen LogP contribution in [-0.4, -0.2) is 30.9 Å². The van der Waals surface area contributed by atoms with E-state index in [0.29, 0.717) is 0 Å². The van der Waals surface area contributed by atoms with Gasteiger partial charge in [0.15, 0.2) is 0 Å². The van der Waals surface area contributed by atoms with Crippen molar-refractivity contribution in [2.75, 3.05) is 30.9 Å². The lowest BCUT2D eigenvalue weighted by molar-refractivity contribution is 0.0449. The number of rotatable bonds is 26. The Hall–Kier alpha value is 0.650. The molecule has 0 aromatic carbocycles. The smallest absolute Gasteiger partial charge is 0.0700 e. The van der Waals surface area contributed by atoms with E-state index in [0.717, 1.165) is 26.4 Å². The van der Waals surface area contributed by atoms with Gasteiger partial charge in [0, 0.05) is 13.2 Å². The van der Waals surface area contributed by atoms with Crippen molar-refractivity contribution in [2.24, 2.45) is 0 Å². The van der Waals surface area contributed by atoms with Crippen LogP contribution in [0.3, 0.4) is 0 Å². The van der Waals surface area contributed by atoms with Gasteiger partial charge in [-0.2, -0.15) is 0 Å². The third-order valence-electron chi connectivity index (χ3n) is 5.69. The highest BCUT2D eigenvalue weighted by Gasteiger charge is 1.96. The van der Waals surface area contributed by atoms with Crippen LogP contribution in [0.4, 0.5) is 0 Å². The third-order valence-corrected chi connectivity index (χ3v) is 6.45. The summed E-state index contributed by atoms with van der Waals surface area (Å²) in [4.78, 5) is 0. The minimum absolute atomic E-state index is 0.769. The maximum Gasteiger partial charge on any atom is 0.0700 e. The lowest BCUT2D eigenvalue weighted by atomic mass is 10.0. The Morgan fingerprint density at radius 1 is 0.379 bits per heavy atom. The molecule has 176 valence electrons. The number of hydrogen-bond acceptors (Lipinski definition) is 2. The topological polar surface area (TPSA) is 18.5 Å². The van der Waals surface area contributed by atoms with Crippen LogP contribution in [0.5, 0.6) is 0 Å². The summed E-state index contributed by atoms with van der Waals surface area (Å²) in [6.07, 6.45) is 27.9. The zero-order valence-electron chi connectivity index (χ0n) is 19.9. The minimum atomic E-state index is 0.769. The molecule has 0 aromatic rings. The molecule has 0 saturated carbocycles. The highest BCUT2D eigenvalue weighted by Crippen LogP contribution is 2.13. The van der Waals surface area contributed by atoms with Gasteiger partial charge in [-0.25, -0.2) is 0 Å². The molecule has 0 aliphatic heterocycles. The zero-order valence-corrected chi connectivity index (χ0v) is 22.0. The van der Waals surface area contributed by atoms with Gasteiger partial charge in [-0.15, -0.1) is 0 Å². The van der Waals surface area contributed by atoms with Crippen LogP contribution in [0.1, 0.15) is 135 Å². The highest BCUT2D eigenvalue weighted by atomic mass is 127. The van der Waals surface area contributed by atoms with Crippen molar-refractivity contribution in [1.82, 2.24) is 0 Å². The van der Waals surface area contributed by atoms with Gasteiger partial charge in [0.2, 0.25) is 0 Å². The van der Waals surface area contributed by atoms with E-state index in [1.54, 1.807) is 0 Å². The summed E-state index contributed by atoms with van der Waals surface area (Å²) >= 11 is 2.45. The summed E-state index contributed by atoms with van der Waals surface area (Å²) in [5.41, 5.74) is 0. The standard InChI is InChI=1S/C26H53IO2/c1-2-3-4-5-6-7-8-9-10-11-12-13-14-15-17-20-23-28-25-26-29-24-21-18-16-19-22-27/h2-26H2,1H3. The summed E-state index contributed by atoms with van der Waals surface area (Å²) in [7, 11) is 0. The van der Waals surface area contributed by atoms with Crippen LogP contribution in [-0.2, 0) is 9.47 Å². The highest BCUT2D eigenvalue weighted by molar-refractivity contribution is 14.1. The molecule has 0 atom stereocenters. The van der Waals surface area contributed by atoms with Crippen LogP contribution in [0, 0.1) is 0 Å². The first-order valence-electron chi connectivity index (χ1n) is 13.1. The molecule has 0 aliphatic rings. The van der Waals surface area contributed by atoms with Gasteiger partial charge in [0.1, 0.15) is 0 Å². The summed E-state index contributed by atoms with van der Waals surface area (Å²) in [5.74, 6) is 0. The first kappa shape index (κ1) is 29.7. The fourth-order valence-corrected chi connectivity index (χ4v) is 4.27. The largest absolute Gasteiger partial charge is 0.379 e. The van der Waals surface area contributed by atoms with Gasteiger partial charge < -0.3 is 9.47 Å². The van der Waals surface area contributed by atoms with Crippen molar-refractivity contribution in [1.29, 1.82) is 0 Å². The maximum absolute atomic E-state index is 5.67. The van der Waals surface area contributed by atoms with Crippen LogP contribution in [0.25, 0.3) is 0 Å². The molecule has 2 nitrogen and oxygen atoms in total. The summed E-state index contributed by atoms with van der Waals surface area (Å²) < 4.78 is 12.6. The molecule has 0 aliphatic carbocycles. The molecule has 29 heavy (non-hydrogen) atoms. The quantitative estimate of drug-likeness (QED) is 0.0638. The Balaban J connectivity index is 2.97. The Bertz CT molecular complexity index is 247. The molecule has 0 fully saturated rings. The van der Waals surface area contributed by atoms with Gasteiger partial charge in [0.25, 0.3) is 0 Å². The van der Waals surface area contributed by atoms with E-state index >= 15 is 0 Å². The molecule has 0 N–H and O–H groups in total. The lowest BCUT2D eigenvalue weighted by Crippen LogP contribution is -2.06. The lowest BCUT2D eigenvalue weighted by Gasteiger charge is -2.06. The second-order valence-corrected chi connectivity index (χ2v) is 9.71. The van der Waals surface area contributed by atoms with E-state index in [-0.39, 0.29) is 0 Å². The molecule has 3 heteroatoms. The van der Waals surface area contributed by atoms with E-state index in [1.807, 2.05) is 0 Å². The molecule has 0 bridgehead atoms. The van der Waals surface area contributed by atoms with Crippen molar-refractivity contribution in [3.8, 4) is 0 Å². The normalized spacial score (nSPS) is 11.4. The van der Waals surface area contributed by atoms with Crippen LogP contribution < -0.4 is 0 Å². The van der Waals surface area contributed by atoms with Crippen molar-refractivity contribution in [3.63, 3.8) is 0 Å². The first-order valence-corrected chi connectivity index (χ1v) is 14.7. The average molecular weight is 525 g/mol. The maximum atomic E-state index is 5.67. The Kier molecular flexibility index (Phi) is 29.3. The van der Waals surface area contributed by atoms with Gasteiger partial charge in [-0.3, -0.25) is 0 Å². The summed E-state index contributed by atoms with van der Waals surface area (Å²) in [6.45, 7) is 5.65. The zero-order chi connectivity index (χ0) is 21.1. The van der Waals surface area contributed by atoms with Gasteiger partial charge in [-0.1, -0.05) is 139 Å². The number of alkyl halides is 1. The van der Waals surface area contributed by atoms with Gasteiger partial charge in [-0.05, 0) is 23.7 Å². The van der Waals surface area contributed by atoms with E-state index in [9.17, 15) is 0 Å². The molecule has 0 rings (SSSR count). The van der Waals surface area contributed by atoms with E-state index in [1.165, 1.54) is 133 Å². The molecular weight excluding hydrogens is 471 g/mol. The summed E-state index contributed by atoms with van der Waals surface area (Å²) in [6, 6.07) is 0. The number of halogens is 1. The fraction of sp³-hybridized carbons (Fsp3) is 1.00. The fourth-order valence-electron chi connectivity index (χ4n) is 3.73. The van der Waals surface area contributed by atoms with Gasteiger partial charge in [0.05, 0.1) is 13.2 Å². The predicted molar refractivity (Wildman–Crippen MR) is 139 cm³/mol. The van der Waals surface area contributed by atoms with Gasteiger partial charge >= 0.3 is 0 Å². The second-order valence-electron chi connectivity index (χ2n) is 8.63. The van der Waals surface area contributed by atoms with E-state index < -0.39 is 0 Å². The van der Waals surface area contributed by atoms with Crippen molar-refractivity contribution in [3.05, 3.63) is 0 Å². The molecular formula is C26H53IO2. The van der Waals surface area contributed by atoms with Crippen LogP contribution in [0.15, 0.2) is 0 Å². The molecule has 0 spiro atoms. The third kappa shape index (κ3) is 28.6. The SMILES string of the molecule is CCCCCCCCCCCCCCCCCCOCCOCCCCCCI. The number of unbranched alkanes of at least 4 members (excludes halogenated alkanes) is 18. The predicted octanol–water partition coefficient (Wildman–Crippen LogP) is 9.28. The Morgan fingerprint density at radius 3 is 1.03 bits per heavy atom. The average Bonchev–Trinajstić information content (AvgIpc) is 2.74. The number of hydrogen-bond donors (Lipinski definition) is 0. The van der Waals surface area contributed by atoms with Crippen LogP contribution in [0.2, 0.25) is 0 Å². The first-order chi connectivity index (χ1) is 14.4. The molecule has 0 amide bonds. The molecule has 0 aromatic heterocycles. The molecule has 0 radical (unpaired) electrons.